The highest BCUT2D eigenvalue weighted by Gasteiger charge is 2.82. The van der Waals surface area contributed by atoms with Crippen molar-refractivity contribution in [3.63, 3.8) is 0 Å². The van der Waals surface area contributed by atoms with Gasteiger partial charge in [-0.2, -0.15) is 0 Å². The highest BCUT2D eigenvalue weighted by molar-refractivity contribution is 6.05. The summed E-state index contributed by atoms with van der Waals surface area (Å²) in [5, 5.41) is 10.9. The average molecular weight is 469 g/mol. The molecule has 4 saturated carbocycles. The normalized spacial score (nSPS) is 54.7. The summed E-state index contributed by atoms with van der Waals surface area (Å²) in [6.45, 7) is 16.1. The zero-order chi connectivity index (χ0) is 24.7. The molecule has 1 spiro atoms. The molecule has 4 heteroatoms. The molecule has 34 heavy (non-hydrogen) atoms. The number of carbonyl (C=O) groups is 2. The van der Waals surface area contributed by atoms with Crippen molar-refractivity contribution in [3.05, 3.63) is 11.6 Å². The van der Waals surface area contributed by atoms with Crippen LogP contribution in [0.2, 0.25) is 0 Å². The monoisotopic (exact) mass is 468 g/mol. The number of esters is 1. The first-order valence-corrected chi connectivity index (χ1v) is 13.8. The minimum absolute atomic E-state index is 0.0210. The Morgan fingerprint density at radius 1 is 0.853 bits per heavy atom. The number of hydrogen-bond donors (Lipinski definition) is 1. The van der Waals surface area contributed by atoms with Gasteiger partial charge in [0.2, 0.25) is 0 Å². The lowest BCUT2D eigenvalue weighted by molar-refractivity contribution is -0.212. The standard InChI is InChI=1S/C30H44O4/c1-24(2)12-14-29-15-13-28(7)27(6)11-8-18-25(3,4)21(31)9-10-26(18,5)19(27)16-22(32)30(28,20(29)17-24)34-23(29)33/h16,18,20-21,31H,8-15,17H2,1-7H3/t18-,20+,21-,26-,27+,28-,29?,30?/m0/s1. The van der Waals surface area contributed by atoms with E-state index in [0.717, 1.165) is 57.8 Å². The van der Waals surface area contributed by atoms with Crippen LogP contribution in [0.3, 0.4) is 0 Å². The van der Waals surface area contributed by atoms with Crippen molar-refractivity contribution in [2.24, 2.45) is 44.3 Å². The van der Waals surface area contributed by atoms with Crippen LogP contribution in [0.4, 0.5) is 0 Å². The van der Waals surface area contributed by atoms with Crippen molar-refractivity contribution < 1.29 is 19.4 Å². The number of hydrogen-bond acceptors (Lipinski definition) is 4. The summed E-state index contributed by atoms with van der Waals surface area (Å²) in [7, 11) is 0. The molecule has 0 amide bonds. The first-order valence-electron chi connectivity index (χ1n) is 13.8. The maximum Gasteiger partial charge on any atom is 0.313 e. The number of carbonyl (C=O) groups excluding carboxylic acids is 2. The predicted molar refractivity (Wildman–Crippen MR) is 131 cm³/mol. The van der Waals surface area contributed by atoms with Crippen LogP contribution in [0.15, 0.2) is 11.6 Å². The van der Waals surface area contributed by atoms with E-state index in [1.54, 1.807) is 0 Å². The number of allylic oxidation sites excluding steroid dienone is 1. The Kier molecular flexibility index (Phi) is 4.25. The van der Waals surface area contributed by atoms with Crippen molar-refractivity contribution in [1.82, 2.24) is 0 Å². The van der Waals surface area contributed by atoms with Crippen LogP contribution in [0.5, 0.6) is 0 Å². The van der Waals surface area contributed by atoms with Gasteiger partial charge in [-0.1, -0.05) is 54.0 Å². The van der Waals surface area contributed by atoms with E-state index in [9.17, 15) is 14.7 Å². The first-order chi connectivity index (χ1) is 15.6. The van der Waals surface area contributed by atoms with Crippen LogP contribution < -0.4 is 0 Å². The molecule has 4 nitrogen and oxygen atoms in total. The van der Waals surface area contributed by atoms with Gasteiger partial charge in [0.15, 0.2) is 11.4 Å². The second-order valence-corrected chi connectivity index (χ2v) is 15.2. The molecule has 5 aliphatic carbocycles. The summed E-state index contributed by atoms with van der Waals surface area (Å²) >= 11 is 0. The Morgan fingerprint density at radius 3 is 2.24 bits per heavy atom. The molecular weight excluding hydrogens is 424 g/mol. The van der Waals surface area contributed by atoms with Crippen LogP contribution >= 0.6 is 0 Å². The maximum absolute atomic E-state index is 14.5. The van der Waals surface area contributed by atoms with Gasteiger partial charge in [-0.05, 0) is 91.4 Å². The van der Waals surface area contributed by atoms with E-state index in [2.05, 4.69) is 48.5 Å². The predicted octanol–water partition coefficient (Wildman–Crippen LogP) is 6.01. The summed E-state index contributed by atoms with van der Waals surface area (Å²) in [4.78, 5) is 28.1. The molecule has 0 radical (unpaired) electrons. The molecule has 8 atom stereocenters. The van der Waals surface area contributed by atoms with Crippen LogP contribution in [-0.2, 0) is 14.3 Å². The molecule has 1 heterocycles. The summed E-state index contributed by atoms with van der Waals surface area (Å²) in [5.74, 6) is 0.293. The minimum atomic E-state index is -1.02. The smallest absolute Gasteiger partial charge is 0.313 e. The van der Waals surface area contributed by atoms with Crippen LogP contribution in [0.1, 0.15) is 106 Å². The number of ether oxygens (including phenoxy) is 1. The van der Waals surface area contributed by atoms with Gasteiger partial charge in [-0.3, -0.25) is 9.59 Å². The van der Waals surface area contributed by atoms with Crippen molar-refractivity contribution >= 4 is 11.8 Å². The molecule has 0 aromatic rings. The molecular formula is C30H44O4. The zero-order valence-corrected chi connectivity index (χ0v) is 22.3. The largest absolute Gasteiger partial charge is 0.449 e. The minimum Gasteiger partial charge on any atom is -0.449 e. The average Bonchev–Trinajstić information content (AvgIpc) is 2.93. The summed E-state index contributed by atoms with van der Waals surface area (Å²) < 4.78 is 6.49. The Morgan fingerprint density at radius 2 is 1.53 bits per heavy atom. The van der Waals surface area contributed by atoms with Gasteiger partial charge in [0, 0.05) is 11.3 Å². The van der Waals surface area contributed by atoms with Crippen LogP contribution in [0.25, 0.3) is 0 Å². The lowest BCUT2D eigenvalue weighted by Crippen LogP contribution is -2.71. The van der Waals surface area contributed by atoms with Crippen LogP contribution in [-0.4, -0.2) is 28.6 Å². The molecule has 1 aliphatic heterocycles. The van der Waals surface area contributed by atoms with Gasteiger partial charge < -0.3 is 9.84 Å². The fourth-order valence-electron chi connectivity index (χ4n) is 10.8. The van der Waals surface area contributed by atoms with Crippen molar-refractivity contribution in [1.29, 1.82) is 0 Å². The van der Waals surface area contributed by atoms with E-state index in [4.69, 9.17) is 4.74 Å². The molecule has 0 aromatic carbocycles. The zero-order valence-electron chi connectivity index (χ0n) is 22.3. The molecule has 6 aliphatic rings. The quantitative estimate of drug-likeness (QED) is 0.442. The van der Waals surface area contributed by atoms with E-state index < -0.39 is 16.4 Å². The maximum atomic E-state index is 14.5. The molecule has 6 rings (SSSR count). The molecule has 0 aromatic heterocycles. The van der Waals surface area contributed by atoms with Crippen molar-refractivity contribution in [2.75, 3.05) is 0 Å². The fourth-order valence-corrected chi connectivity index (χ4v) is 10.8. The third kappa shape index (κ3) is 2.24. The number of aliphatic hydroxyl groups excluding tert-OH is 1. The molecule has 188 valence electrons. The lowest BCUT2D eigenvalue weighted by Gasteiger charge is -2.70. The Bertz CT molecular complexity index is 1020. The number of aliphatic hydroxyl groups is 1. The van der Waals surface area contributed by atoms with Crippen LogP contribution in [0, 0.1) is 44.3 Å². The molecule has 2 unspecified atom stereocenters. The number of ketones is 1. The number of rotatable bonds is 0. The van der Waals surface area contributed by atoms with E-state index >= 15 is 0 Å². The van der Waals surface area contributed by atoms with Gasteiger partial charge in [0.05, 0.1) is 11.5 Å². The lowest BCUT2D eigenvalue weighted by atomic mass is 9.33. The summed E-state index contributed by atoms with van der Waals surface area (Å²) in [5.41, 5.74) is -0.963. The highest BCUT2D eigenvalue weighted by Crippen LogP contribution is 2.78. The van der Waals surface area contributed by atoms with E-state index in [-0.39, 0.29) is 45.4 Å². The number of fused-ring (bicyclic) bond motifs is 4. The highest BCUT2D eigenvalue weighted by atomic mass is 16.6. The molecule has 5 fully saturated rings. The fraction of sp³-hybridized carbons (Fsp3) is 0.867. The van der Waals surface area contributed by atoms with Gasteiger partial charge in [-0.25, -0.2) is 0 Å². The van der Waals surface area contributed by atoms with Gasteiger partial charge in [0.25, 0.3) is 0 Å². The van der Waals surface area contributed by atoms with Crippen molar-refractivity contribution in [2.45, 2.75) is 118 Å². The van der Waals surface area contributed by atoms with E-state index in [1.165, 1.54) is 5.57 Å². The molecule has 1 saturated heterocycles. The molecule has 1 N–H and O–H groups in total. The van der Waals surface area contributed by atoms with E-state index in [0.29, 0.717) is 5.92 Å². The summed E-state index contributed by atoms with van der Waals surface area (Å²) in [6.07, 6.45) is 9.89. The second kappa shape index (κ2) is 6.21. The topological polar surface area (TPSA) is 63.6 Å². The Labute approximate surface area is 205 Å². The van der Waals surface area contributed by atoms with E-state index in [1.807, 2.05) is 6.08 Å². The van der Waals surface area contributed by atoms with Crippen molar-refractivity contribution in [3.8, 4) is 0 Å². The first kappa shape index (κ1) is 23.3. The molecule has 2 bridgehead atoms. The Balaban J connectivity index is 1.55. The Hall–Kier alpha value is -1.16. The summed E-state index contributed by atoms with van der Waals surface area (Å²) in [6, 6.07) is 0. The van der Waals surface area contributed by atoms with Gasteiger partial charge in [0.1, 0.15) is 0 Å². The third-order valence-corrected chi connectivity index (χ3v) is 13.2. The second-order valence-electron chi connectivity index (χ2n) is 15.2. The third-order valence-electron chi connectivity index (χ3n) is 13.2. The van der Waals surface area contributed by atoms with Gasteiger partial charge in [-0.15, -0.1) is 0 Å². The van der Waals surface area contributed by atoms with Gasteiger partial charge >= 0.3 is 5.97 Å². The SMILES string of the molecule is CC1(C)CCC23CC[C@]4(C)C(OC2=O)(C(=O)C=C2[C@@]5(C)CC[C@H](O)C(C)(C)[C@@H]5CC[C@]24C)[C@@H]3C1.